The van der Waals surface area contributed by atoms with Crippen LogP contribution in [0.2, 0.25) is 0 Å². The number of para-hydroxylation sites is 1. The second-order valence-electron chi connectivity index (χ2n) is 7.72. The third kappa shape index (κ3) is 2.49. The maximum atomic E-state index is 13.8. The van der Waals surface area contributed by atoms with Crippen LogP contribution in [0, 0.1) is 0 Å². The van der Waals surface area contributed by atoms with Gasteiger partial charge in [-0.3, -0.25) is 4.79 Å². The summed E-state index contributed by atoms with van der Waals surface area (Å²) >= 11 is 0.426. The fraction of sp³-hybridized carbons (Fsp3) is 0.227. The minimum absolute atomic E-state index is 0.0434. The average Bonchev–Trinajstić information content (AvgIpc) is 3.50. The van der Waals surface area contributed by atoms with Crippen molar-refractivity contribution in [3.63, 3.8) is 0 Å². The summed E-state index contributed by atoms with van der Waals surface area (Å²) in [4.78, 5) is 14.4. The van der Waals surface area contributed by atoms with Crippen LogP contribution in [0.5, 0.6) is 23.0 Å². The number of rotatable bonds is 2. The largest absolute Gasteiger partial charge is 0.507 e. The van der Waals surface area contributed by atoms with E-state index in [-0.39, 0.29) is 30.7 Å². The van der Waals surface area contributed by atoms with Gasteiger partial charge in [0.25, 0.3) is 0 Å². The van der Waals surface area contributed by atoms with Crippen molar-refractivity contribution in [1.29, 1.82) is 0 Å². The van der Waals surface area contributed by atoms with E-state index in [0.717, 1.165) is 0 Å². The summed E-state index contributed by atoms with van der Waals surface area (Å²) in [6, 6.07) is 11.2. The summed E-state index contributed by atoms with van der Waals surface area (Å²) in [6.07, 6.45) is -4.57. The lowest BCUT2D eigenvalue weighted by Gasteiger charge is -2.23. The second kappa shape index (κ2) is 6.32. The third-order valence-electron chi connectivity index (χ3n) is 6.01. The smallest absolute Gasteiger partial charge is 0.425 e. The fourth-order valence-corrected chi connectivity index (χ4v) is 5.45. The van der Waals surface area contributed by atoms with Crippen molar-refractivity contribution in [2.75, 3.05) is 18.3 Å². The second-order valence-corrected chi connectivity index (χ2v) is 8.86. The Kier molecular flexibility index (Phi) is 3.81. The van der Waals surface area contributed by atoms with E-state index in [0.29, 0.717) is 51.5 Å². The number of benzene rings is 2. The number of nitrogens with zero attached hydrogens (tertiary/aromatic N) is 1. The molecule has 0 fully saturated rings. The van der Waals surface area contributed by atoms with E-state index in [2.05, 4.69) is 0 Å². The molecule has 0 bridgehead atoms. The van der Waals surface area contributed by atoms with Crippen molar-refractivity contribution in [3.8, 4) is 23.0 Å². The molecule has 0 aliphatic carbocycles. The van der Waals surface area contributed by atoms with E-state index in [1.54, 1.807) is 30.3 Å². The number of aromatic hydroxyl groups is 1. The lowest BCUT2D eigenvalue weighted by atomic mass is 9.77. The van der Waals surface area contributed by atoms with E-state index in [4.69, 9.17) is 14.2 Å². The highest BCUT2D eigenvalue weighted by Crippen LogP contribution is 2.55. The SMILES string of the molecule is O=C1N(Cc2sc(C(F)(F)F)cc2O)c2ccccc2C12COc1cc3c(cc12)OCO3. The Labute approximate surface area is 183 Å². The maximum Gasteiger partial charge on any atom is 0.425 e. The van der Waals surface area contributed by atoms with Crippen LogP contribution in [0.25, 0.3) is 0 Å². The molecule has 6 nitrogen and oxygen atoms in total. The summed E-state index contributed by atoms with van der Waals surface area (Å²) in [5.41, 5.74) is 0.711. The van der Waals surface area contributed by atoms with E-state index >= 15 is 0 Å². The Morgan fingerprint density at radius 3 is 2.53 bits per heavy atom. The van der Waals surface area contributed by atoms with E-state index in [1.807, 2.05) is 6.07 Å². The van der Waals surface area contributed by atoms with Crippen LogP contribution in [-0.2, 0) is 22.9 Å². The van der Waals surface area contributed by atoms with E-state index in [1.165, 1.54) is 4.90 Å². The highest BCUT2D eigenvalue weighted by atomic mass is 32.1. The van der Waals surface area contributed by atoms with Crippen LogP contribution in [0.3, 0.4) is 0 Å². The van der Waals surface area contributed by atoms with Gasteiger partial charge < -0.3 is 24.2 Å². The summed E-state index contributed by atoms with van der Waals surface area (Å²) < 4.78 is 56.1. The molecule has 2 aromatic carbocycles. The highest BCUT2D eigenvalue weighted by molar-refractivity contribution is 7.12. The molecule has 32 heavy (non-hydrogen) atoms. The zero-order valence-corrected chi connectivity index (χ0v) is 17.0. The molecule has 1 unspecified atom stereocenters. The monoisotopic (exact) mass is 461 g/mol. The third-order valence-corrected chi connectivity index (χ3v) is 7.17. The van der Waals surface area contributed by atoms with Crippen LogP contribution in [-0.4, -0.2) is 24.4 Å². The van der Waals surface area contributed by atoms with Gasteiger partial charge in [-0.15, -0.1) is 11.3 Å². The lowest BCUT2D eigenvalue weighted by Crippen LogP contribution is -2.42. The molecule has 1 atom stereocenters. The standard InChI is InChI=1S/C22H14F3NO5S/c23-22(24,25)19-6-14(27)18(32-19)8-26-13-4-2-1-3-11(13)21(20(26)28)9-29-15-7-17-16(5-12(15)21)30-10-31-17/h1-7,27H,8-10H2. The van der Waals surface area contributed by atoms with E-state index < -0.39 is 22.2 Å². The average molecular weight is 461 g/mol. The predicted molar refractivity (Wildman–Crippen MR) is 107 cm³/mol. The molecule has 0 radical (unpaired) electrons. The number of hydrogen-bond donors (Lipinski definition) is 1. The van der Waals surface area contributed by atoms with E-state index in [9.17, 15) is 23.1 Å². The number of thiophene rings is 1. The summed E-state index contributed by atoms with van der Waals surface area (Å²) in [7, 11) is 0. The first-order valence-electron chi connectivity index (χ1n) is 9.66. The molecule has 1 amide bonds. The zero-order chi connectivity index (χ0) is 22.3. The number of alkyl halides is 3. The number of halogens is 3. The van der Waals surface area contributed by atoms with Crippen molar-refractivity contribution in [1.82, 2.24) is 0 Å². The molecular formula is C22H14F3NO5S. The molecular weight excluding hydrogens is 447 g/mol. The number of hydrogen-bond acceptors (Lipinski definition) is 6. The van der Waals surface area contributed by atoms with Crippen molar-refractivity contribution in [2.24, 2.45) is 0 Å². The van der Waals surface area contributed by atoms with Crippen LogP contribution in [0.15, 0.2) is 42.5 Å². The number of carbonyl (C=O) groups is 1. The minimum atomic E-state index is -4.57. The van der Waals surface area contributed by atoms with Gasteiger partial charge >= 0.3 is 6.18 Å². The van der Waals surface area contributed by atoms with Gasteiger partial charge in [-0.05, 0) is 17.7 Å². The Bertz CT molecular complexity index is 1290. The molecule has 164 valence electrons. The van der Waals surface area contributed by atoms with Crippen molar-refractivity contribution < 1.29 is 37.3 Å². The van der Waals surface area contributed by atoms with Crippen molar-refractivity contribution in [2.45, 2.75) is 18.1 Å². The fourth-order valence-electron chi connectivity index (χ4n) is 4.54. The van der Waals surface area contributed by atoms with Crippen molar-refractivity contribution >= 4 is 22.9 Å². The van der Waals surface area contributed by atoms with Gasteiger partial charge in [-0.2, -0.15) is 13.2 Å². The van der Waals surface area contributed by atoms with Crippen molar-refractivity contribution in [3.05, 3.63) is 63.3 Å². The number of ether oxygens (including phenoxy) is 3. The molecule has 3 aromatic rings. The quantitative estimate of drug-likeness (QED) is 0.612. The Morgan fingerprint density at radius 1 is 1.03 bits per heavy atom. The molecule has 6 rings (SSSR count). The van der Waals surface area contributed by atoms with Gasteiger partial charge in [0.05, 0.1) is 11.4 Å². The predicted octanol–water partition coefficient (Wildman–Crippen LogP) is 4.43. The first-order valence-corrected chi connectivity index (χ1v) is 10.5. The summed E-state index contributed by atoms with van der Waals surface area (Å²) in [5.74, 6) is 0.706. The van der Waals surface area contributed by atoms with Crippen LogP contribution >= 0.6 is 11.3 Å². The summed E-state index contributed by atoms with van der Waals surface area (Å²) in [6.45, 7) is -0.0765. The normalized spacial score (nSPS) is 20.6. The van der Waals surface area contributed by atoms with Gasteiger partial charge in [0, 0.05) is 23.4 Å². The minimum Gasteiger partial charge on any atom is -0.507 e. The Balaban J connectivity index is 1.46. The van der Waals surface area contributed by atoms with Crippen LogP contribution < -0.4 is 19.1 Å². The van der Waals surface area contributed by atoms with Gasteiger partial charge in [-0.25, -0.2) is 0 Å². The van der Waals surface area contributed by atoms with Crippen LogP contribution in [0.4, 0.5) is 18.9 Å². The molecule has 0 saturated carbocycles. The molecule has 4 heterocycles. The molecule has 1 aromatic heterocycles. The first kappa shape index (κ1) is 19.3. The van der Waals surface area contributed by atoms with Crippen LogP contribution in [0.1, 0.15) is 20.9 Å². The topological polar surface area (TPSA) is 68.2 Å². The number of amides is 1. The molecule has 3 aliphatic heterocycles. The zero-order valence-electron chi connectivity index (χ0n) is 16.2. The Morgan fingerprint density at radius 2 is 1.78 bits per heavy atom. The molecule has 1 spiro atoms. The number of anilines is 1. The maximum absolute atomic E-state index is 13.8. The number of fused-ring (bicyclic) bond motifs is 5. The first-order chi connectivity index (χ1) is 15.3. The molecule has 3 aliphatic rings. The van der Waals surface area contributed by atoms with Gasteiger partial charge in [0.15, 0.2) is 11.5 Å². The van der Waals surface area contributed by atoms with Gasteiger partial charge in [-0.1, -0.05) is 18.2 Å². The van der Waals surface area contributed by atoms with Gasteiger partial charge in [0.2, 0.25) is 12.7 Å². The Hall–Kier alpha value is -3.40. The molecule has 10 heteroatoms. The summed E-state index contributed by atoms with van der Waals surface area (Å²) in [5, 5.41) is 10.1. The molecule has 0 saturated heterocycles. The lowest BCUT2D eigenvalue weighted by molar-refractivity contribution is -0.134. The highest BCUT2D eigenvalue weighted by Gasteiger charge is 2.57. The number of carbonyl (C=O) groups excluding carboxylic acids is 1. The molecule has 1 N–H and O–H groups in total. The van der Waals surface area contributed by atoms with Gasteiger partial charge in [0.1, 0.15) is 28.4 Å².